The minimum absolute atomic E-state index is 0.0170. The molecule has 5 aromatic rings. The van der Waals surface area contributed by atoms with Crippen LogP contribution in [-0.2, 0) is 6.18 Å². The number of benzene rings is 2. The van der Waals surface area contributed by atoms with Crippen LogP contribution in [0, 0.1) is 23.0 Å². The molecular weight excluding hydrogens is 680 g/mol. The van der Waals surface area contributed by atoms with E-state index in [-0.39, 0.29) is 50.0 Å². The average Bonchev–Trinajstić information content (AvgIpc) is 3.78. The minimum Gasteiger partial charge on any atom is -0.467 e. The topological polar surface area (TPSA) is 104 Å². The summed E-state index contributed by atoms with van der Waals surface area (Å²) in [4.78, 5) is 16.5. The van der Waals surface area contributed by atoms with Crippen LogP contribution in [0.4, 0.5) is 37.2 Å². The molecule has 3 aromatic heterocycles. The fourth-order valence-corrected chi connectivity index (χ4v) is 7.88. The first-order valence-electron chi connectivity index (χ1n) is 16.0. The van der Waals surface area contributed by atoms with E-state index >= 15 is 4.39 Å². The molecular formula is C35H33F6N7OS. The molecule has 0 aliphatic carbocycles. The highest BCUT2D eigenvalue weighted by Crippen LogP contribution is 2.48. The van der Waals surface area contributed by atoms with Crippen LogP contribution in [0.2, 0.25) is 0 Å². The van der Waals surface area contributed by atoms with Crippen molar-refractivity contribution in [2.45, 2.75) is 57.5 Å². The number of pyridine rings is 1. The average molecular weight is 714 g/mol. The summed E-state index contributed by atoms with van der Waals surface area (Å²) >= 11 is 0.697. The van der Waals surface area contributed by atoms with Gasteiger partial charge in [-0.05, 0) is 69.0 Å². The van der Waals surface area contributed by atoms with Gasteiger partial charge in [0.25, 0.3) is 0 Å². The Labute approximate surface area is 288 Å². The highest BCUT2D eigenvalue weighted by molar-refractivity contribution is 7.23. The lowest BCUT2D eigenvalue weighted by Crippen LogP contribution is -2.28. The van der Waals surface area contributed by atoms with Crippen LogP contribution >= 0.6 is 11.3 Å². The van der Waals surface area contributed by atoms with Gasteiger partial charge >= 0.3 is 12.2 Å². The molecule has 0 amide bonds. The number of nitrogens with zero attached hydrogens (tertiary/aromatic N) is 6. The monoisotopic (exact) mass is 713 g/mol. The number of nitrogens with two attached hydrogens (primary N) is 1. The zero-order valence-corrected chi connectivity index (χ0v) is 28.2. The van der Waals surface area contributed by atoms with Crippen LogP contribution in [0.25, 0.3) is 32.1 Å². The van der Waals surface area contributed by atoms with Gasteiger partial charge in [-0.25, -0.2) is 13.2 Å². The van der Waals surface area contributed by atoms with E-state index in [0.717, 1.165) is 36.7 Å². The van der Waals surface area contributed by atoms with Crippen molar-refractivity contribution < 1.29 is 31.1 Å². The fraction of sp³-hybridized carbons (Fsp3) is 0.371. The zero-order chi connectivity index (χ0) is 35.9. The lowest BCUT2D eigenvalue weighted by Gasteiger charge is -2.30. The third-order valence-corrected chi connectivity index (χ3v) is 10.3. The summed E-state index contributed by atoms with van der Waals surface area (Å²) in [6, 6.07) is 7.96. The number of nitrogen functional groups attached to an aromatic ring is 1. The number of rotatable bonds is 6. The van der Waals surface area contributed by atoms with E-state index in [1.807, 2.05) is 6.92 Å². The van der Waals surface area contributed by atoms with E-state index in [1.54, 1.807) is 42.4 Å². The van der Waals surface area contributed by atoms with Crippen molar-refractivity contribution in [3.63, 3.8) is 0 Å². The van der Waals surface area contributed by atoms with E-state index in [9.17, 15) is 27.2 Å². The Balaban J connectivity index is 0.000000412. The Kier molecular flexibility index (Phi) is 9.78. The number of methoxy groups -OCH3 is 1. The molecule has 0 radical (unpaired) electrons. The van der Waals surface area contributed by atoms with E-state index in [1.165, 1.54) is 20.0 Å². The summed E-state index contributed by atoms with van der Waals surface area (Å²) in [5, 5.41) is 9.15. The van der Waals surface area contributed by atoms with Gasteiger partial charge in [0.2, 0.25) is 0 Å². The van der Waals surface area contributed by atoms with Crippen LogP contribution in [0.1, 0.15) is 55.8 Å². The molecule has 2 saturated heterocycles. The normalized spacial score (nSPS) is 18.1. The Morgan fingerprint density at radius 3 is 2.64 bits per heavy atom. The molecule has 5 heterocycles. The fourth-order valence-electron chi connectivity index (χ4n) is 6.93. The summed E-state index contributed by atoms with van der Waals surface area (Å²) < 4.78 is 92.9. The molecule has 2 fully saturated rings. The van der Waals surface area contributed by atoms with Gasteiger partial charge in [0.1, 0.15) is 34.4 Å². The molecule has 8 nitrogen and oxygen atoms in total. The second kappa shape index (κ2) is 13.9. The van der Waals surface area contributed by atoms with Crippen LogP contribution in [0.3, 0.4) is 0 Å². The van der Waals surface area contributed by atoms with Gasteiger partial charge in [-0.2, -0.15) is 28.4 Å². The van der Waals surface area contributed by atoms with Crippen molar-refractivity contribution in [3.05, 3.63) is 71.1 Å². The molecule has 2 N–H and O–H groups in total. The predicted octanol–water partition coefficient (Wildman–Crippen LogP) is 8.45. The predicted molar refractivity (Wildman–Crippen MR) is 181 cm³/mol. The summed E-state index contributed by atoms with van der Waals surface area (Å²) in [6.07, 6.45) is 0.969. The highest BCUT2D eigenvalue weighted by atomic mass is 32.1. The molecule has 0 bridgehead atoms. The first kappa shape index (κ1) is 35.2. The van der Waals surface area contributed by atoms with Gasteiger partial charge in [-0.3, -0.25) is 9.88 Å². The molecule has 262 valence electrons. The number of nitriles is 1. The number of alkyl halides is 4. The Hall–Kier alpha value is -4.68. The molecule has 3 unspecified atom stereocenters. The summed E-state index contributed by atoms with van der Waals surface area (Å²) in [5.41, 5.74) is 3.38. The van der Waals surface area contributed by atoms with Crippen molar-refractivity contribution in [2.75, 3.05) is 37.4 Å². The second-order valence-corrected chi connectivity index (χ2v) is 13.2. The first-order chi connectivity index (χ1) is 23.9. The van der Waals surface area contributed by atoms with Gasteiger partial charge in [0.15, 0.2) is 5.82 Å². The van der Waals surface area contributed by atoms with Gasteiger partial charge in [0.05, 0.1) is 29.0 Å². The molecule has 2 aliphatic heterocycles. The van der Waals surface area contributed by atoms with E-state index < -0.39 is 46.7 Å². The Bertz CT molecular complexity index is 2070. The second-order valence-electron chi connectivity index (χ2n) is 12.2. The van der Waals surface area contributed by atoms with E-state index in [2.05, 4.69) is 19.9 Å². The molecule has 7 rings (SSSR count). The van der Waals surface area contributed by atoms with Crippen LogP contribution in [-0.4, -0.2) is 58.8 Å². The molecule has 0 spiro atoms. The number of fused-ring (bicyclic) bond motifs is 3. The number of hydrogen-bond donors (Lipinski definition) is 1. The quantitative estimate of drug-likeness (QED) is 0.175. The van der Waals surface area contributed by atoms with Crippen molar-refractivity contribution >= 4 is 43.1 Å². The smallest absolute Gasteiger partial charge is 0.417 e. The third kappa shape index (κ3) is 6.37. The van der Waals surface area contributed by atoms with E-state index in [4.69, 9.17) is 10.5 Å². The lowest BCUT2D eigenvalue weighted by molar-refractivity contribution is -0.137. The maximum absolute atomic E-state index is 16.5. The van der Waals surface area contributed by atoms with Gasteiger partial charge in [0, 0.05) is 47.9 Å². The van der Waals surface area contributed by atoms with Crippen molar-refractivity contribution in [1.29, 1.82) is 5.26 Å². The molecule has 0 saturated carbocycles. The highest BCUT2D eigenvalue weighted by Gasteiger charge is 2.39. The summed E-state index contributed by atoms with van der Waals surface area (Å²) in [5.74, 6) is -2.11. The molecule has 50 heavy (non-hydrogen) atoms. The maximum atomic E-state index is 16.5. The van der Waals surface area contributed by atoms with Gasteiger partial charge in [-0.1, -0.05) is 12.1 Å². The van der Waals surface area contributed by atoms with Crippen LogP contribution in [0.5, 0.6) is 6.01 Å². The number of hydrogen-bond acceptors (Lipinski definition) is 9. The number of thiophene rings is 1. The Morgan fingerprint density at radius 1 is 1.22 bits per heavy atom. The Morgan fingerprint density at radius 2 is 2.00 bits per heavy atom. The largest absolute Gasteiger partial charge is 0.467 e. The summed E-state index contributed by atoms with van der Waals surface area (Å²) in [7, 11) is 1.26. The lowest BCUT2D eigenvalue weighted by atomic mass is 9.92. The minimum atomic E-state index is -5.05. The molecule has 15 heteroatoms. The number of halogens is 6. The maximum Gasteiger partial charge on any atom is 0.417 e. The van der Waals surface area contributed by atoms with Crippen LogP contribution < -0.4 is 15.4 Å². The SMILES string of the molecule is CCN(c1nc(OC)nc2c(F)c(-c3ccc(F)c4sc(N)c(C#N)c34)c(C(F)(F)F)cc12)C(C)c1cccnc1.FC1CC2CCCN2C1. The van der Waals surface area contributed by atoms with Gasteiger partial charge < -0.3 is 15.4 Å². The first-order valence-corrected chi connectivity index (χ1v) is 16.8. The number of anilines is 2. The molecule has 2 aliphatic rings. The van der Waals surface area contributed by atoms with E-state index in [0.29, 0.717) is 23.9 Å². The third-order valence-electron chi connectivity index (χ3n) is 9.28. The van der Waals surface area contributed by atoms with Crippen molar-refractivity contribution in [1.82, 2.24) is 19.9 Å². The van der Waals surface area contributed by atoms with Crippen LogP contribution in [0.15, 0.2) is 42.7 Å². The number of ether oxygens (including phenoxy) is 1. The standard InChI is InChI=1S/C28H21F5N6OS.C7H12FN/c1-4-39(13(2)14-6-5-9-36-12-14)26-16-10-18(28(31,32)33)21(22(30)23(16)37-27(38-26)40-3)15-7-8-19(29)24-20(15)17(11-34)25(35)41-24;8-6-4-7-2-1-3-9(7)5-6/h5-10,12-13H,4,35H2,1-3H3;6-7H,1-5H2. The molecule has 2 aromatic carbocycles. The van der Waals surface area contributed by atoms with Crippen molar-refractivity contribution in [3.8, 4) is 23.2 Å². The zero-order valence-electron chi connectivity index (χ0n) is 27.4. The van der Waals surface area contributed by atoms with Gasteiger partial charge in [-0.15, -0.1) is 11.3 Å². The summed E-state index contributed by atoms with van der Waals surface area (Å²) in [6.45, 7) is 5.74. The number of aromatic nitrogens is 3. The van der Waals surface area contributed by atoms with Crippen molar-refractivity contribution in [2.24, 2.45) is 0 Å². The molecule has 3 atom stereocenters.